The smallest absolute Gasteiger partial charge is 0.306 e. The van der Waals surface area contributed by atoms with Crippen LogP contribution in [0, 0.1) is 0 Å². The molecule has 0 aliphatic heterocycles. The number of aliphatic hydroxyl groups is 5. The van der Waals surface area contributed by atoms with Crippen molar-refractivity contribution in [2.24, 2.45) is 0 Å². The van der Waals surface area contributed by atoms with Gasteiger partial charge in [0.15, 0.2) is 0 Å². The number of hydrogen-bond donors (Lipinski definition) is 5. The summed E-state index contributed by atoms with van der Waals surface area (Å²) in [7, 11) is 0. The van der Waals surface area contributed by atoms with Crippen LogP contribution in [0.5, 0.6) is 0 Å². The van der Waals surface area contributed by atoms with E-state index in [1.54, 1.807) is 0 Å². The maximum absolute atomic E-state index is 11.5. The molecule has 0 saturated carbocycles. The molecule has 5 N–H and O–H groups in total. The Morgan fingerprint density at radius 3 is 0.732 bits per heavy atom. The molecule has 0 spiro atoms. The Labute approximate surface area is 436 Å². The molecule has 71 heavy (non-hydrogen) atoms. The summed E-state index contributed by atoms with van der Waals surface area (Å²) in [6.45, 7) is 8.35. The van der Waals surface area contributed by atoms with Crippen molar-refractivity contribution in [3.8, 4) is 0 Å². The molecule has 420 valence electrons. The molecular weight excluding hydrogens is 897 g/mol. The van der Waals surface area contributed by atoms with Gasteiger partial charge in [-0.25, -0.2) is 0 Å². The molecular formula is C60H114O11. The quantitative estimate of drug-likeness (QED) is 0.0169. The van der Waals surface area contributed by atoms with E-state index in [0.717, 1.165) is 89.9 Å². The fourth-order valence-electron chi connectivity index (χ4n) is 7.52. The second kappa shape index (κ2) is 63.5. The van der Waals surface area contributed by atoms with Crippen LogP contribution in [0.2, 0.25) is 0 Å². The summed E-state index contributed by atoms with van der Waals surface area (Å²) >= 11 is 0. The summed E-state index contributed by atoms with van der Waals surface area (Å²) in [5, 5.41) is 44.3. The van der Waals surface area contributed by atoms with Gasteiger partial charge in [-0.15, -0.1) is 0 Å². The van der Waals surface area contributed by atoms with Crippen LogP contribution in [0.1, 0.15) is 278 Å². The predicted molar refractivity (Wildman–Crippen MR) is 295 cm³/mol. The molecule has 3 atom stereocenters. The van der Waals surface area contributed by atoms with Gasteiger partial charge in [-0.2, -0.15) is 0 Å². The number of carbonyl (C=O) groups is 3. The summed E-state index contributed by atoms with van der Waals surface area (Å²) < 4.78 is 15.5. The van der Waals surface area contributed by atoms with E-state index in [1.165, 1.54) is 122 Å². The standard InChI is InChI=1S/2C20H38O4.C20H38O3/c2*1-2-19(18-22)24-20(23)16-14-12-10-8-6-4-3-5-7-9-11-13-15-17-21;1-3-5-6-7-8-9-10-11-12-13-14-15-16-17-20(22)23-19(4-2)18-21/h2*3,5,19,21-22H,2,4,6-18H2,1H3;9-10,19,21H,3-8,11-18H2,1-2H3/b5-3+;5-3-;10-9-. The minimum atomic E-state index is -0.334. The van der Waals surface area contributed by atoms with Gasteiger partial charge in [-0.05, 0) is 128 Å². The molecule has 0 bridgehead atoms. The molecule has 0 aromatic rings. The molecule has 0 fully saturated rings. The molecule has 0 saturated heterocycles. The zero-order valence-corrected chi connectivity index (χ0v) is 46.5. The highest BCUT2D eigenvalue weighted by molar-refractivity contribution is 5.70. The van der Waals surface area contributed by atoms with E-state index >= 15 is 0 Å². The zero-order chi connectivity index (χ0) is 52.9. The normalized spacial score (nSPS) is 12.6. The van der Waals surface area contributed by atoms with Gasteiger partial charge in [0.05, 0.1) is 19.8 Å². The third-order valence-corrected chi connectivity index (χ3v) is 12.4. The Hall–Kier alpha value is -2.57. The van der Waals surface area contributed by atoms with Gasteiger partial charge < -0.3 is 39.7 Å². The topological polar surface area (TPSA) is 180 Å². The first-order chi connectivity index (χ1) is 34.7. The monoisotopic (exact) mass is 1010 g/mol. The SMILES string of the molecule is CCC(CO)OC(=O)CCCCCCC/C=C/CCCCCCO.CCC(CO)OC(=O)CCCCCCC/C=C\CCCCCCO.CCCCCC/C=C\CCCCCCCC(=O)OC(CC)CO. The number of aliphatic hydroxyl groups excluding tert-OH is 5. The lowest BCUT2D eigenvalue weighted by atomic mass is 10.1. The number of allylic oxidation sites excluding steroid dienone is 6. The van der Waals surface area contributed by atoms with Crippen LogP contribution in [-0.4, -0.2) is 94.8 Å². The van der Waals surface area contributed by atoms with Crippen molar-refractivity contribution in [1.29, 1.82) is 0 Å². The van der Waals surface area contributed by atoms with Crippen molar-refractivity contribution >= 4 is 17.9 Å². The molecule has 0 aromatic carbocycles. The van der Waals surface area contributed by atoms with Crippen LogP contribution in [0.15, 0.2) is 36.5 Å². The third-order valence-electron chi connectivity index (χ3n) is 12.4. The highest BCUT2D eigenvalue weighted by atomic mass is 16.6. The van der Waals surface area contributed by atoms with Crippen LogP contribution < -0.4 is 0 Å². The molecule has 0 aromatic heterocycles. The van der Waals surface area contributed by atoms with Crippen LogP contribution in [-0.2, 0) is 28.6 Å². The first kappa shape index (κ1) is 72.7. The zero-order valence-electron chi connectivity index (χ0n) is 46.5. The van der Waals surface area contributed by atoms with Gasteiger partial charge in [0.1, 0.15) is 18.3 Å². The van der Waals surface area contributed by atoms with E-state index in [4.69, 9.17) is 39.7 Å². The number of unbranched alkanes of at least 4 members (excludes halogenated alkanes) is 27. The van der Waals surface area contributed by atoms with Gasteiger partial charge in [0.2, 0.25) is 0 Å². The van der Waals surface area contributed by atoms with Crippen molar-refractivity contribution in [3.63, 3.8) is 0 Å². The van der Waals surface area contributed by atoms with E-state index < -0.39 is 0 Å². The van der Waals surface area contributed by atoms with Gasteiger partial charge in [-0.1, -0.05) is 167 Å². The molecule has 11 nitrogen and oxygen atoms in total. The number of carbonyl (C=O) groups excluding carboxylic acids is 3. The van der Waals surface area contributed by atoms with Crippen LogP contribution in [0.3, 0.4) is 0 Å². The molecule has 0 radical (unpaired) electrons. The maximum Gasteiger partial charge on any atom is 0.306 e. The Morgan fingerprint density at radius 1 is 0.310 bits per heavy atom. The molecule has 3 unspecified atom stereocenters. The molecule has 0 heterocycles. The van der Waals surface area contributed by atoms with Crippen molar-refractivity contribution < 1.29 is 54.1 Å². The van der Waals surface area contributed by atoms with Crippen molar-refractivity contribution in [3.05, 3.63) is 36.5 Å². The average Bonchev–Trinajstić information content (AvgIpc) is 3.38. The fraction of sp³-hybridized carbons (Fsp3) is 0.850. The molecule has 11 heteroatoms. The number of hydrogen-bond acceptors (Lipinski definition) is 11. The predicted octanol–water partition coefficient (Wildman–Crippen LogP) is 14.6. The first-order valence-electron chi connectivity index (χ1n) is 29.3. The van der Waals surface area contributed by atoms with E-state index in [0.29, 0.717) is 51.7 Å². The Balaban J connectivity index is -0.000000977. The number of esters is 3. The number of ether oxygens (including phenoxy) is 3. The minimum Gasteiger partial charge on any atom is -0.460 e. The Bertz CT molecular complexity index is 1100. The van der Waals surface area contributed by atoms with Crippen molar-refractivity contribution in [2.45, 2.75) is 296 Å². The van der Waals surface area contributed by atoms with Crippen molar-refractivity contribution in [2.75, 3.05) is 33.0 Å². The van der Waals surface area contributed by atoms with E-state index in [9.17, 15) is 14.4 Å². The lowest BCUT2D eigenvalue weighted by Crippen LogP contribution is -2.20. The summed E-state index contributed by atoms with van der Waals surface area (Å²) in [4.78, 5) is 34.6. The summed E-state index contributed by atoms with van der Waals surface area (Å²) in [6, 6.07) is 0. The number of rotatable bonds is 50. The molecule has 0 rings (SSSR count). The Morgan fingerprint density at radius 2 is 0.521 bits per heavy atom. The maximum atomic E-state index is 11.5. The van der Waals surface area contributed by atoms with Crippen molar-refractivity contribution in [1.82, 2.24) is 0 Å². The average molecular weight is 1010 g/mol. The van der Waals surface area contributed by atoms with Crippen LogP contribution >= 0.6 is 0 Å². The minimum absolute atomic E-state index is 0.0750. The third kappa shape index (κ3) is 61.6. The molecule has 0 aliphatic rings. The fourth-order valence-corrected chi connectivity index (χ4v) is 7.52. The van der Waals surface area contributed by atoms with Gasteiger partial charge in [-0.3, -0.25) is 14.4 Å². The summed E-state index contributed by atoms with van der Waals surface area (Å²) in [5.74, 6) is -0.535. The van der Waals surface area contributed by atoms with Gasteiger partial charge in [0.25, 0.3) is 0 Å². The molecule has 0 aliphatic carbocycles. The highest BCUT2D eigenvalue weighted by Gasteiger charge is 2.13. The largest absolute Gasteiger partial charge is 0.460 e. The van der Waals surface area contributed by atoms with E-state index in [1.807, 2.05) is 20.8 Å². The second-order valence-electron chi connectivity index (χ2n) is 19.1. The lowest BCUT2D eigenvalue weighted by molar-refractivity contribution is -0.152. The van der Waals surface area contributed by atoms with Crippen LogP contribution in [0.25, 0.3) is 0 Å². The molecule has 0 amide bonds. The van der Waals surface area contributed by atoms with Gasteiger partial charge in [0, 0.05) is 32.5 Å². The highest BCUT2D eigenvalue weighted by Crippen LogP contribution is 2.14. The lowest BCUT2D eigenvalue weighted by Gasteiger charge is -2.12. The van der Waals surface area contributed by atoms with E-state index in [2.05, 4.69) is 43.4 Å². The summed E-state index contributed by atoms with van der Waals surface area (Å²) in [6.07, 6.45) is 54.3. The van der Waals surface area contributed by atoms with Gasteiger partial charge >= 0.3 is 17.9 Å². The Kier molecular flexibility index (Phi) is 65.0. The summed E-state index contributed by atoms with van der Waals surface area (Å²) in [5.41, 5.74) is 0. The van der Waals surface area contributed by atoms with E-state index in [-0.39, 0.29) is 56.0 Å². The first-order valence-corrected chi connectivity index (χ1v) is 29.3. The van der Waals surface area contributed by atoms with Crippen LogP contribution in [0.4, 0.5) is 0 Å². The second-order valence-corrected chi connectivity index (χ2v) is 19.1.